The van der Waals surface area contributed by atoms with Crippen molar-refractivity contribution in [1.29, 1.82) is 0 Å². The van der Waals surface area contributed by atoms with Crippen molar-refractivity contribution in [1.82, 2.24) is 10.2 Å². The molecule has 3 amide bonds. The number of benzene rings is 2. The number of anilines is 1. The van der Waals surface area contributed by atoms with E-state index in [-0.39, 0.29) is 18.0 Å². The fourth-order valence-corrected chi connectivity index (χ4v) is 3.49. The second kappa shape index (κ2) is 11.8. The second-order valence-corrected chi connectivity index (χ2v) is 7.66. The summed E-state index contributed by atoms with van der Waals surface area (Å²) in [5.74, 6) is 1.18. The van der Waals surface area contributed by atoms with Gasteiger partial charge in [0.25, 0.3) is 0 Å². The first-order valence-electron chi connectivity index (χ1n) is 11.0. The molecule has 32 heavy (non-hydrogen) atoms. The van der Waals surface area contributed by atoms with Crippen molar-refractivity contribution >= 4 is 23.7 Å². The lowest BCUT2D eigenvalue weighted by Crippen LogP contribution is -2.47. The van der Waals surface area contributed by atoms with Crippen LogP contribution in [-0.4, -0.2) is 49.7 Å². The van der Waals surface area contributed by atoms with Crippen LogP contribution < -0.4 is 20.1 Å². The van der Waals surface area contributed by atoms with E-state index in [1.54, 1.807) is 18.1 Å². The van der Waals surface area contributed by atoms with E-state index in [0.29, 0.717) is 31.2 Å². The van der Waals surface area contributed by atoms with Gasteiger partial charge in [-0.2, -0.15) is 0 Å². The number of carbonyl (C=O) groups is 2. The number of hydrogen-bond acceptors (Lipinski definition) is 4. The van der Waals surface area contributed by atoms with E-state index in [0.717, 1.165) is 30.5 Å². The first kappa shape index (κ1) is 23.2. The summed E-state index contributed by atoms with van der Waals surface area (Å²) in [4.78, 5) is 26.5. The second-order valence-electron chi connectivity index (χ2n) is 7.66. The van der Waals surface area contributed by atoms with Crippen molar-refractivity contribution in [3.63, 3.8) is 0 Å². The van der Waals surface area contributed by atoms with Crippen molar-refractivity contribution in [2.45, 2.75) is 32.2 Å². The molecule has 1 aliphatic rings. The van der Waals surface area contributed by atoms with Gasteiger partial charge < -0.3 is 25.0 Å². The summed E-state index contributed by atoms with van der Waals surface area (Å²) in [7, 11) is 1.60. The van der Waals surface area contributed by atoms with Gasteiger partial charge in [-0.15, -0.1) is 0 Å². The molecule has 0 aromatic heterocycles. The average Bonchev–Trinajstić information content (AvgIpc) is 2.82. The van der Waals surface area contributed by atoms with Crippen LogP contribution in [0.15, 0.2) is 54.6 Å². The summed E-state index contributed by atoms with van der Waals surface area (Å²) >= 11 is 0. The molecule has 0 aliphatic carbocycles. The number of hydrogen-bond donors (Lipinski definition) is 2. The first-order chi connectivity index (χ1) is 15.6. The van der Waals surface area contributed by atoms with Crippen LogP contribution in [-0.2, 0) is 4.79 Å². The van der Waals surface area contributed by atoms with E-state index >= 15 is 0 Å². The highest BCUT2D eigenvalue weighted by atomic mass is 16.5. The molecule has 3 rings (SSSR count). The average molecular weight is 438 g/mol. The maximum absolute atomic E-state index is 12.4. The van der Waals surface area contributed by atoms with Crippen LogP contribution in [0.1, 0.15) is 31.7 Å². The van der Waals surface area contributed by atoms with Crippen molar-refractivity contribution in [3.05, 3.63) is 60.2 Å². The number of piperidine rings is 1. The number of para-hydroxylation sites is 1. The van der Waals surface area contributed by atoms with Gasteiger partial charge in [0.2, 0.25) is 5.91 Å². The number of methoxy groups -OCH3 is 1. The van der Waals surface area contributed by atoms with Gasteiger partial charge in [0, 0.05) is 30.9 Å². The molecule has 1 saturated heterocycles. The SMILES string of the molecule is CCCOc1ccc(/C=C/C(=O)NC2CCN(C(=O)Nc3ccccc3)CC2)cc1OC. The largest absolute Gasteiger partial charge is 0.493 e. The van der Waals surface area contributed by atoms with Crippen molar-refractivity contribution in [3.8, 4) is 11.5 Å². The fraction of sp³-hybridized carbons (Fsp3) is 0.360. The molecule has 0 atom stereocenters. The Morgan fingerprint density at radius 3 is 2.53 bits per heavy atom. The number of nitrogens with one attached hydrogen (secondary N) is 2. The molecule has 170 valence electrons. The fourth-order valence-electron chi connectivity index (χ4n) is 3.49. The summed E-state index contributed by atoms with van der Waals surface area (Å²) in [5, 5.41) is 5.93. The van der Waals surface area contributed by atoms with Gasteiger partial charge in [0.15, 0.2) is 11.5 Å². The number of ether oxygens (including phenoxy) is 2. The van der Waals surface area contributed by atoms with E-state index in [1.807, 2.05) is 55.5 Å². The number of likely N-dealkylation sites (tertiary alicyclic amines) is 1. The standard InChI is InChI=1S/C25H31N3O4/c1-3-17-32-22-11-9-19(18-23(22)31-2)10-12-24(29)26-21-13-15-28(16-14-21)25(30)27-20-7-5-4-6-8-20/h4-12,18,21H,3,13-17H2,1-2H3,(H,26,29)(H,27,30)/b12-10+. The van der Waals surface area contributed by atoms with Gasteiger partial charge in [-0.25, -0.2) is 4.79 Å². The van der Waals surface area contributed by atoms with Crippen LogP contribution in [0.4, 0.5) is 10.5 Å². The Labute approximate surface area is 189 Å². The molecule has 2 aromatic carbocycles. The molecular weight excluding hydrogens is 406 g/mol. The van der Waals surface area contributed by atoms with Crippen LogP contribution in [0, 0.1) is 0 Å². The molecule has 7 nitrogen and oxygen atoms in total. The van der Waals surface area contributed by atoms with Crippen LogP contribution in [0.5, 0.6) is 11.5 Å². The highest BCUT2D eigenvalue weighted by molar-refractivity contribution is 5.92. The lowest BCUT2D eigenvalue weighted by Gasteiger charge is -2.32. The molecule has 1 fully saturated rings. The highest BCUT2D eigenvalue weighted by Crippen LogP contribution is 2.28. The van der Waals surface area contributed by atoms with Crippen LogP contribution in [0.2, 0.25) is 0 Å². The maximum Gasteiger partial charge on any atom is 0.321 e. The number of nitrogens with zero attached hydrogens (tertiary/aromatic N) is 1. The predicted molar refractivity (Wildman–Crippen MR) is 126 cm³/mol. The highest BCUT2D eigenvalue weighted by Gasteiger charge is 2.23. The molecule has 0 unspecified atom stereocenters. The molecule has 7 heteroatoms. The zero-order valence-electron chi connectivity index (χ0n) is 18.7. The minimum atomic E-state index is -0.150. The number of urea groups is 1. The van der Waals surface area contributed by atoms with Gasteiger partial charge >= 0.3 is 6.03 Å². The van der Waals surface area contributed by atoms with E-state index in [4.69, 9.17) is 9.47 Å². The lowest BCUT2D eigenvalue weighted by atomic mass is 10.1. The lowest BCUT2D eigenvalue weighted by molar-refractivity contribution is -0.117. The van der Waals surface area contributed by atoms with E-state index in [9.17, 15) is 9.59 Å². The molecule has 0 saturated carbocycles. The van der Waals surface area contributed by atoms with Crippen LogP contribution in [0.3, 0.4) is 0 Å². The van der Waals surface area contributed by atoms with E-state index in [2.05, 4.69) is 10.6 Å². The Morgan fingerprint density at radius 2 is 1.84 bits per heavy atom. The molecule has 2 N–H and O–H groups in total. The Bertz CT molecular complexity index is 922. The molecule has 0 spiro atoms. The maximum atomic E-state index is 12.4. The first-order valence-corrected chi connectivity index (χ1v) is 11.0. The topological polar surface area (TPSA) is 79.9 Å². The number of amides is 3. The van der Waals surface area contributed by atoms with E-state index in [1.165, 1.54) is 6.08 Å². The predicted octanol–water partition coefficient (Wildman–Crippen LogP) is 4.31. The minimum absolute atomic E-state index is 0.0484. The number of carbonyl (C=O) groups excluding carboxylic acids is 2. The molecule has 0 bridgehead atoms. The molecule has 1 heterocycles. The third-order valence-corrected chi connectivity index (χ3v) is 5.23. The third kappa shape index (κ3) is 6.77. The third-order valence-electron chi connectivity index (χ3n) is 5.23. The molecule has 0 radical (unpaired) electrons. The normalized spacial score (nSPS) is 14.2. The smallest absolute Gasteiger partial charge is 0.321 e. The molecular formula is C25H31N3O4. The zero-order valence-corrected chi connectivity index (χ0v) is 18.7. The zero-order chi connectivity index (χ0) is 22.8. The quantitative estimate of drug-likeness (QED) is 0.603. The van der Waals surface area contributed by atoms with Crippen LogP contribution >= 0.6 is 0 Å². The summed E-state index contributed by atoms with van der Waals surface area (Å²) in [6, 6.07) is 14.9. The molecule has 2 aromatic rings. The van der Waals surface area contributed by atoms with Crippen molar-refractivity contribution in [2.24, 2.45) is 0 Å². The van der Waals surface area contributed by atoms with Gasteiger partial charge in [-0.1, -0.05) is 31.2 Å². The summed E-state index contributed by atoms with van der Waals surface area (Å²) in [6.07, 6.45) is 5.64. The van der Waals surface area contributed by atoms with Crippen LogP contribution in [0.25, 0.3) is 6.08 Å². The minimum Gasteiger partial charge on any atom is -0.493 e. The van der Waals surface area contributed by atoms with Gasteiger partial charge in [-0.3, -0.25) is 4.79 Å². The van der Waals surface area contributed by atoms with Gasteiger partial charge in [0.1, 0.15) is 0 Å². The Hall–Kier alpha value is -3.48. The van der Waals surface area contributed by atoms with Crippen molar-refractivity contribution < 1.29 is 19.1 Å². The summed E-state index contributed by atoms with van der Waals surface area (Å²) < 4.78 is 11.0. The Kier molecular flexibility index (Phi) is 8.54. The number of rotatable bonds is 8. The Morgan fingerprint density at radius 1 is 1.09 bits per heavy atom. The van der Waals surface area contributed by atoms with E-state index < -0.39 is 0 Å². The molecule has 1 aliphatic heterocycles. The van der Waals surface area contributed by atoms with Crippen molar-refractivity contribution in [2.75, 3.05) is 32.1 Å². The summed E-state index contributed by atoms with van der Waals surface area (Å²) in [6.45, 7) is 3.87. The van der Waals surface area contributed by atoms with Gasteiger partial charge in [-0.05, 0) is 55.2 Å². The van der Waals surface area contributed by atoms with Gasteiger partial charge in [0.05, 0.1) is 13.7 Å². The Balaban J connectivity index is 1.45. The monoisotopic (exact) mass is 437 g/mol. The summed E-state index contributed by atoms with van der Waals surface area (Å²) in [5.41, 5.74) is 1.63.